The van der Waals surface area contributed by atoms with E-state index in [0.29, 0.717) is 23.0 Å². The Morgan fingerprint density at radius 1 is 0.293 bits per heavy atom. The smallest absolute Gasteiger partial charge is 0.165 e. The minimum atomic E-state index is 0.587. The quantitative estimate of drug-likeness (QED) is 0.130. The molecule has 0 saturated heterocycles. The van der Waals surface area contributed by atoms with Gasteiger partial charge in [-0.15, -0.1) is 0 Å². The van der Waals surface area contributed by atoms with Crippen LogP contribution in [0.1, 0.15) is 5.56 Å². The van der Waals surface area contributed by atoms with Gasteiger partial charge in [-0.1, -0.05) is 170 Å². The Hall–Kier alpha value is -8.00. The first-order valence-electron chi connectivity index (χ1n) is 19.4. The minimum Gasteiger partial charge on any atom is -0.208 e. The van der Waals surface area contributed by atoms with Crippen molar-refractivity contribution >= 4 is 53.9 Å². The second kappa shape index (κ2) is 13.6. The van der Waals surface area contributed by atoms with Crippen LogP contribution in [0.15, 0.2) is 194 Å². The largest absolute Gasteiger partial charge is 0.208 e. The van der Waals surface area contributed by atoms with Gasteiger partial charge in [0.25, 0.3) is 0 Å². The maximum absolute atomic E-state index is 9.38. The summed E-state index contributed by atoms with van der Waals surface area (Å²) in [6.07, 6.45) is 0. The summed E-state index contributed by atoms with van der Waals surface area (Å²) in [5, 5.41) is 21.1. The molecule has 1 aromatic heterocycles. The minimum absolute atomic E-state index is 0.587. The molecule has 0 N–H and O–H groups in total. The van der Waals surface area contributed by atoms with Gasteiger partial charge in [0.2, 0.25) is 0 Å². The van der Waals surface area contributed by atoms with Crippen molar-refractivity contribution in [2.24, 2.45) is 0 Å². The average Bonchev–Trinajstić information content (AvgIpc) is 3.30. The Bertz CT molecular complexity index is 3400. The molecule has 0 atom stereocenters. The first kappa shape index (κ1) is 33.3. The highest BCUT2D eigenvalue weighted by atomic mass is 15.0. The predicted octanol–water partition coefficient (Wildman–Crippen LogP) is 13.8. The van der Waals surface area contributed by atoms with Crippen LogP contribution < -0.4 is 0 Å². The van der Waals surface area contributed by atoms with Crippen molar-refractivity contribution in [2.45, 2.75) is 0 Å². The number of rotatable bonds is 5. The van der Waals surface area contributed by atoms with Crippen LogP contribution in [0.25, 0.3) is 110 Å². The van der Waals surface area contributed by atoms with Crippen LogP contribution in [0.2, 0.25) is 0 Å². The van der Waals surface area contributed by atoms with Gasteiger partial charge in [0.05, 0.1) is 11.6 Å². The van der Waals surface area contributed by atoms with E-state index in [4.69, 9.17) is 15.0 Å². The third-order valence-electron chi connectivity index (χ3n) is 11.3. The van der Waals surface area contributed by atoms with Crippen LogP contribution in [0.4, 0.5) is 0 Å². The molecule has 0 spiro atoms. The fraction of sp³-hybridized carbons (Fsp3) is 0. The second-order valence-corrected chi connectivity index (χ2v) is 14.6. The summed E-state index contributed by atoms with van der Waals surface area (Å²) >= 11 is 0. The zero-order valence-electron chi connectivity index (χ0n) is 31.3. The van der Waals surface area contributed by atoms with Crippen molar-refractivity contribution in [3.8, 4) is 62.5 Å². The fourth-order valence-electron chi connectivity index (χ4n) is 8.64. The fourth-order valence-corrected chi connectivity index (χ4v) is 8.64. The molecule has 0 fully saturated rings. The molecule has 0 aliphatic rings. The molecule has 0 bridgehead atoms. The molecule has 58 heavy (non-hydrogen) atoms. The number of hydrogen-bond acceptors (Lipinski definition) is 4. The molecule has 0 aliphatic carbocycles. The summed E-state index contributed by atoms with van der Waals surface area (Å²) in [5.41, 5.74) is 7.83. The van der Waals surface area contributed by atoms with Crippen molar-refractivity contribution < 1.29 is 0 Å². The van der Waals surface area contributed by atoms with E-state index >= 15 is 0 Å². The summed E-state index contributed by atoms with van der Waals surface area (Å²) in [7, 11) is 0. The third-order valence-corrected chi connectivity index (χ3v) is 11.3. The van der Waals surface area contributed by atoms with Gasteiger partial charge < -0.3 is 0 Å². The zero-order valence-corrected chi connectivity index (χ0v) is 31.3. The summed E-state index contributed by atoms with van der Waals surface area (Å²) < 4.78 is 0. The van der Waals surface area contributed by atoms with Crippen molar-refractivity contribution in [3.63, 3.8) is 0 Å². The van der Waals surface area contributed by atoms with Gasteiger partial charge in [-0.25, -0.2) is 15.0 Å². The molecule has 1 heterocycles. The topological polar surface area (TPSA) is 62.5 Å². The van der Waals surface area contributed by atoms with Gasteiger partial charge >= 0.3 is 0 Å². The molecule has 0 amide bonds. The first-order chi connectivity index (χ1) is 28.7. The van der Waals surface area contributed by atoms with E-state index < -0.39 is 0 Å². The number of fused-ring (bicyclic) bond motifs is 6. The number of hydrogen-bond donors (Lipinski definition) is 0. The lowest BCUT2D eigenvalue weighted by atomic mass is 9.83. The number of benzene rings is 10. The highest BCUT2D eigenvalue weighted by molar-refractivity contribution is 6.29. The Morgan fingerprint density at radius 3 is 1.48 bits per heavy atom. The molecule has 4 heteroatoms. The maximum Gasteiger partial charge on any atom is 0.165 e. The highest BCUT2D eigenvalue weighted by Crippen LogP contribution is 2.48. The van der Waals surface area contributed by atoms with E-state index in [0.717, 1.165) is 49.4 Å². The van der Waals surface area contributed by atoms with E-state index in [1.54, 1.807) is 0 Å². The molecule has 268 valence electrons. The lowest BCUT2D eigenvalue weighted by Gasteiger charge is -2.20. The third kappa shape index (κ3) is 5.49. The van der Waals surface area contributed by atoms with Crippen LogP contribution in [0.5, 0.6) is 0 Å². The summed E-state index contributed by atoms with van der Waals surface area (Å²) in [5.74, 6) is 1.80. The molecular formula is C54H32N4. The molecule has 0 radical (unpaired) electrons. The first-order valence-corrected chi connectivity index (χ1v) is 19.4. The number of nitrogens with zero attached hydrogens (tertiary/aromatic N) is 4. The number of aromatic nitrogens is 3. The van der Waals surface area contributed by atoms with Gasteiger partial charge in [-0.05, 0) is 100 Å². The van der Waals surface area contributed by atoms with Crippen molar-refractivity contribution in [3.05, 3.63) is 200 Å². The maximum atomic E-state index is 9.38. The van der Waals surface area contributed by atoms with E-state index in [-0.39, 0.29) is 0 Å². The lowest BCUT2D eigenvalue weighted by Crippen LogP contribution is -2.02. The Kier molecular flexibility index (Phi) is 7.84. The summed E-state index contributed by atoms with van der Waals surface area (Å²) in [6.45, 7) is 0. The summed E-state index contributed by atoms with van der Waals surface area (Å²) in [6, 6.07) is 70.0. The normalized spacial score (nSPS) is 11.4. The van der Waals surface area contributed by atoms with Crippen molar-refractivity contribution in [2.75, 3.05) is 0 Å². The van der Waals surface area contributed by atoms with Crippen molar-refractivity contribution in [1.82, 2.24) is 15.0 Å². The van der Waals surface area contributed by atoms with Gasteiger partial charge in [-0.2, -0.15) is 5.26 Å². The van der Waals surface area contributed by atoms with E-state index in [2.05, 4.69) is 140 Å². The van der Waals surface area contributed by atoms with Crippen LogP contribution in [-0.2, 0) is 0 Å². The SMILES string of the molecule is N#Cc1ccc(-c2cccc(-c3nc(-c4ccccc4)nc(-c4c5ccccc5c(-c5c6ccccc6cc6c5ccc5ccccc56)c5ccccc45)n3)c2)cc1. The molecule has 11 aromatic rings. The molecule has 4 nitrogen and oxygen atoms in total. The highest BCUT2D eigenvalue weighted by Gasteiger charge is 2.23. The molecule has 10 aromatic carbocycles. The van der Waals surface area contributed by atoms with Gasteiger partial charge in [0, 0.05) is 16.7 Å². The Labute approximate surface area is 335 Å². The van der Waals surface area contributed by atoms with Crippen molar-refractivity contribution in [1.29, 1.82) is 5.26 Å². The van der Waals surface area contributed by atoms with Crippen LogP contribution in [-0.4, -0.2) is 15.0 Å². The molecular weight excluding hydrogens is 705 g/mol. The monoisotopic (exact) mass is 736 g/mol. The van der Waals surface area contributed by atoms with Crippen LogP contribution in [0.3, 0.4) is 0 Å². The molecule has 0 saturated carbocycles. The zero-order chi connectivity index (χ0) is 38.6. The predicted molar refractivity (Wildman–Crippen MR) is 239 cm³/mol. The van der Waals surface area contributed by atoms with Crippen LogP contribution >= 0.6 is 0 Å². The van der Waals surface area contributed by atoms with E-state index in [9.17, 15) is 5.26 Å². The molecule has 0 aliphatic heterocycles. The van der Waals surface area contributed by atoms with Gasteiger partial charge in [0.15, 0.2) is 17.5 Å². The van der Waals surface area contributed by atoms with Gasteiger partial charge in [0.1, 0.15) is 0 Å². The standard InChI is InChI=1S/C54H32N4/c55-33-34-25-27-35(28-26-34)38-17-12-18-40(31-38)53-56-52(37-14-2-1-3-15-37)57-54(58-53)51-45-23-10-8-21-43(45)50(44-22-9-11-24-46(44)51)49-42-20-7-5-16-39(42)32-48-41-19-6-4-13-36(41)29-30-47(48)49/h1-32H. The Balaban J connectivity index is 1.21. The van der Waals surface area contributed by atoms with Crippen LogP contribution in [0, 0.1) is 11.3 Å². The Morgan fingerprint density at radius 2 is 0.793 bits per heavy atom. The lowest BCUT2D eigenvalue weighted by molar-refractivity contribution is 1.08. The molecule has 0 unspecified atom stereocenters. The van der Waals surface area contributed by atoms with E-state index in [1.165, 1.54) is 43.4 Å². The summed E-state index contributed by atoms with van der Waals surface area (Å²) in [4.78, 5) is 15.7. The average molecular weight is 737 g/mol. The number of nitriles is 1. The second-order valence-electron chi connectivity index (χ2n) is 14.6. The van der Waals surface area contributed by atoms with Gasteiger partial charge in [-0.3, -0.25) is 0 Å². The van der Waals surface area contributed by atoms with E-state index in [1.807, 2.05) is 60.7 Å². The molecule has 11 rings (SSSR count).